The Morgan fingerprint density at radius 1 is 1.37 bits per heavy atom. The molecule has 6 nitrogen and oxygen atoms in total. The maximum Gasteiger partial charge on any atom is 0.294 e. The van der Waals surface area contributed by atoms with E-state index >= 15 is 0 Å². The molecule has 0 bridgehead atoms. The number of nitro benzene ring substituents is 1. The largest absolute Gasteiger partial charge is 0.361 e. The Kier molecular flexibility index (Phi) is 4.76. The van der Waals surface area contributed by atoms with Gasteiger partial charge in [0, 0.05) is 34.9 Å². The van der Waals surface area contributed by atoms with Crippen LogP contribution in [-0.4, -0.2) is 34.4 Å². The first-order valence-electron chi connectivity index (χ1n) is 9.03. The zero-order valence-corrected chi connectivity index (χ0v) is 15.8. The molecular formula is C20H21ClN4O2. The third-order valence-electron chi connectivity index (χ3n) is 5.35. The van der Waals surface area contributed by atoms with Crippen LogP contribution in [0, 0.1) is 10.1 Å². The SMILES string of the molecule is CN1CCC[C@@H]1Cc1c[nH]c2ccc(Nc3c(Cl)cccc3[N+](=O)[O-])cc12. The van der Waals surface area contributed by atoms with Crippen molar-refractivity contribution in [1.82, 2.24) is 9.88 Å². The second-order valence-electron chi connectivity index (χ2n) is 7.07. The van der Waals surface area contributed by atoms with Crippen molar-refractivity contribution in [2.24, 2.45) is 0 Å². The van der Waals surface area contributed by atoms with Gasteiger partial charge in [-0.1, -0.05) is 17.7 Å². The second kappa shape index (κ2) is 7.21. The number of benzene rings is 2. The molecule has 4 rings (SSSR count). The molecule has 7 heteroatoms. The lowest BCUT2D eigenvalue weighted by Crippen LogP contribution is -2.26. The van der Waals surface area contributed by atoms with Gasteiger partial charge in [0.25, 0.3) is 5.69 Å². The first kappa shape index (κ1) is 17.8. The van der Waals surface area contributed by atoms with Crippen LogP contribution in [0.5, 0.6) is 0 Å². The van der Waals surface area contributed by atoms with Crippen LogP contribution >= 0.6 is 11.6 Å². The van der Waals surface area contributed by atoms with Gasteiger partial charge in [-0.2, -0.15) is 0 Å². The molecule has 27 heavy (non-hydrogen) atoms. The van der Waals surface area contributed by atoms with E-state index in [1.807, 2.05) is 18.2 Å². The summed E-state index contributed by atoms with van der Waals surface area (Å²) in [6.07, 6.45) is 5.52. The van der Waals surface area contributed by atoms with Crippen molar-refractivity contribution in [3.63, 3.8) is 0 Å². The van der Waals surface area contributed by atoms with Crippen LogP contribution in [0.15, 0.2) is 42.6 Å². The third kappa shape index (κ3) is 3.50. The van der Waals surface area contributed by atoms with Gasteiger partial charge in [-0.05, 0) is 62.7 Å². The highest BCUT2D eigenvalue weighted by Crippen LogP contribution is 2.35. The lowest BCUT2D eigenvalue weighted by molar-refractivity contribution is -0.383. The minimum Gasteiger partial charge on any atom is -0.361 e. The van der Waals surface area contributed by atoms with Gasteiger partial charge in [-0.15, -0.1) is 0 Å². The smallest absolute Gasteiger partial charge is 0.294 e. The topological polar surface area (TPSA) is 74.2 Å². The monoisotopic (exact) mass is 384 g/mol. The molecule has 0 radical (unpaired) electrons. The van der Waals surface area contributed by atoms with E-state index in [1.54, 1.807) is 12.1 Å². The van der Waals surface area contributed by atoms with Crippen molar-refractivity contribution < 1.29 is 4.92 Å². The number of rotatable bonds is 5. The fourth-order valence-electron chi connectivity index (χ4n) is 3.85. The number of likely N-dealkylation sites (tertiary alicyclic amines) is 1. The Balaban J connectivity index is 1.66. The molecule has 0 aliphatic carbocycles. The van der Waals surface area contributed by atoms with E-state index in [9.17, 15) is 10.1 Å². The summed E-state index contributed by atoms with van der Waals surface area (Å²) in [6, 6.07) is 11.2. The molecule has 1 aromatic heterocycles. The van der Waals surface area contributed by atoms with E-state index in [0.717, 1.165) is 29.6 Å². The van der Waals surface area contributed by atoms with E-state index in [2.05, 4.69) is 28.4 Å². The highest BCUT2D eigenvalue weighted by Gasteiger charge is 2.22. The van der Waals surface area contributed by atoms with Crippen LogP contribution < -0.4 is 5.32 Å². The fourth-order valence-corrected chi connectivity index (χ4v) is 4.07. The molecule has 1 atom stereocenters. The Bertz CT molecular complexity index is 1000. The minimum absolute atomic E-state index is 0.0375. The normalized spacial score (nSPS) is 17.5. The van der Waals surface area contributed by atoms with Crippen LogP contribution in [0.1, 0.15) is 18.4 Å². The fraction of sp³-hybridized carbons (Fsp3) is 0.300. The Morgan fingerprint density at radius 3 is 2.96 bits per heavy atom. The van der Waals surface area contributed by atoms with Crippen LogP contribution in [0.2, 0.25) is 5.02 Å². The van der Waals surface area contributed by atoms with Crippen molar-refractivity contribution in [1.29, 1.82) is 0 Å². The first-order chi connectivity index (χ1) is 13.0. The molecule has 0 saturated carbocycles. The van der Waals surface area contributed by atoms with Crippen molar-refractivity contribution in [2.75, 3.05) is 18.9 Å². The number of fused-ring (bicyclic) bond motifs is 1. The molecule has 1 fully saturated rings. The van der Waals surface area contributed by atoms with Gasteiger partial charge in [-0.3, -0.25) is 10.1 Å². The molecule has 0 unspecified atom stereocenters. The number of para-hydroxylation sites is 1. The molecule has 1 saturated heterocycles. The van der Waals surface area contributed by atoms with Crippen molar-refractivity contribution >= 4 is 39.6 Å². The molecular weight excluding hydrogens is 364 g/mol. The summed E-state index contributed by atoms with van der Waals surface area (Å²) >= 11 is 6.20. The van der Waals surface area contributed by atoms with Gasteiger partial charge < -0.3 is 15.2 Å². The molecule has 1 aliphatic rings. The summed E-state index contributed by atoms with van der Waals surface area (Å²) in [5, 5.41) is 15.9. The summed E-state index contributed by atoms with van der Waals surface area (Å²) in [7, 11) is 2.18. The van der Waals surface area contributed by atoms with Gasteiger partial charge in [0.15, 0.2) is 0 Å². The van der Waals surface area contributed by atoms with Crippen molar-refractivity contribution in [2.45, 2.75) is 25.3 Å². The number of halogens is 1. The average Bonchev–Trinajstić information content (AvgIpc) is 3.23. The molecule has 140 valence electrons. The molecule has 0 spiro atoms. The van der Waals surface area contributed by atoms with E-state index in [-0.39, 0.29) is 5.69 Å². The second-order valence-corrected chi connectivity index (χ2v) is 7.48. The number of anilines is 2. The number of aromatic amines is 1. The quantitative estimate of drug-likeness (QED) is 0.473. The number of hydrogen-bond acceptors (Lipinski definition) is 4. The number of aromatic nitrogens is 1. The van der Waals surface area contributed by atoms with Gasteiger partial charge in [0.2, 0.25) is 0 Å². The predicted molar refractivity (Wildman–Crippen MR) is 109 cm³/mol. The molecule has 0 amide bonds. The number of H-pyrrole nitrogens is 1. The molecule has 2 heterocycles. The summed E-state index contributed by atoms with van der Waals surface area (Å²) in [5.74, 6) is 0. The summed E-state index contributed by atoms with van der Waals surface area (Å²) < 4.78 is 0. The van der Waals surface area contributed by atoms with Gasteiger partial charge >= 0.3 is 0 Å². The third-order valence-corrected chi connectivity index (χ3v) is 5.67. The highest BCUT2D eigenvalue weighted by molar-refractivity contribution is 6.34. The zero-order chi connectivity index (χ0) is 19.0. The number of nitrogens with zero attached hydrogens (tertiary/aromatic N) is 2. The van der Waals surface area contributed by atoms with Gasteiger partial charge in [0.1, 0.15) is 5.69 Å². The van der Waals surface area contributed by atoms with Crippen LogP contribution in [0.25, 0.3) is 10.9 Å². The van der Waals surface area contributed by atoms with E-state index in [0.29, 0.717) is 16.8 Å². The van der Waals surface area contributed by atoms with Crippen LogP contribution in [-0.2, 0) is 6.42 Å². The standard InChI is InChI=1S/C20H21ClN4O2/c1-24-9-3-4-15(24)10-13-12-22-18-8-7-14(11-16(13)18)23-20-17(21)5-2-6-19(20)25(26)27/h2,5-8,11-12,15,22-23H,3-4,9-10H2,1H3/t15-/m1/s1. The Morgan fingerprint density at radius 2 is 2.22 bits per heavy atom. The van der Waals surface area contributed by atoms with Gasteiger partial charge in [0.05, 0.1) is 9.95 Å². The molecule has 1 aliphatic heterocycles. The molecule has 2 N–H and O–H groups in total. The van der Waals surface area contributed by atoms with Crippen LogP contribution in [0.4, 0.5) is 17.1 Å². The van der Waals surface area contributed by atoms with Crippen LogP contribution in [0.3, 0.4) is 0 Å². The predicted octanol–water partition coefficient (Wildman–Crippen LogP) is 5.11. The van der Waals surface area contributed by atoms with Crippen molar-refractivity contribution in [3.05, 3.63) is 63.3 Å². The van der Waals surface area contributed by atoms with E-state index in [1.165, 1.54) is 24.5 Å². The van der Waals surface area contributed by atoms with Crippen molar-refractivity contribution in [3.8, 4) is 0 Å². The lowest BCUT2D eigenvalue weighted by atomic mass is 10.0. The van der Waals surface area contributed by atoms with E-state index < -0.39 is 4.92 Å². The first-order valence-corrected chi connectivity index (χ1v) is 9.41. The average molecular weight is 385 g/mol. The maximum atomic E-state index is 11.3. The Labute approximate surface area is 162 Å². The minimum atomic E-state index is -0.426. The maximum absolute atomic E-state index is 11.3. The zero-order valence-electron chi connectivity index (χ0n) is 15.0. The number of hydrogen-bond donors (Lipinski definition) is 2. The number of likely N-dealkylation sites (N-methyl/N-ethyl adjacent to an activating group) is 1. The number of nitrogens with one attached hydrogen (secondary N) is 2. The summed E-state index contributed by atoms with van der Waals surface area (Å²) in [5.41, 5.74) is 3.38. The van der Waals surface area contributed by atoms with E-state index in [4.69, 9.17) is 11.6 Å². The summed E-state index contributed by atoms with van der Waals surface area (Å²) in [6.45, 7) is 1.15. The highest BCUT2D eigenvalue weighted by atomic mass is 35.5. The number of nitro groups is 1. The lowest BCUT2D eigenvalue weighted by Gasteiger charge is -2.18. The molecule has 3 aromatic rings. The summed E-state index contributed by atoms with van der Waals surface area (Å²) in [4.78, 5) is 16.6. The van der Waals surface area contributed by atoms with Gasteiger partial charge in [-0.25, -0.2) is 0 Å². The Hall–Kier alpha value is -2.57. The molecule has 2 aromatic carbocycles.